The van der Waals surface area contributed by atoms with Gasteiger partial charge < -0.3 is 15.1 Å². The van der Waals surface area contributed by atoms with Gasteiger partial charge in [-0.3, -0.25) is 9.69 Å². The van der Waals surface area contributed by atoms with Gasteiger partial charge in [-0.25, -0.2) is 0 Å². The van der Waals surface area contributed by atoms with Crippen LogP contribution in [-0.2, 0) is 6.54 Å². The third-order valence-corrected chi connectivity index (χ3v) is 4.76. The molecule has 2 aliphatic rings. The number of carbonyl (C=O) groups excluding carboxylic acids is 1. The number of nitrogens with two attached hydrogens (primary N) is 1. The van der Waals surface area contributed by atoms with E-state index in [4.69, 9.17) is 10.2 Å². The van der Waals surface area contributed by atoms with Gasteiger partial charge in [-0.05, 0) is 25.3 Å². The van der Waals surface area contributed by atoms with Crippen LogP contribution in [0.15, 0.2) is 16.7 Å². The van der Waals surface area contributed by atoms with Gasteiger partial charge in [0.25, 0.3) is 5.91 Å². The largest absolute Gasteiger partial charge is 0.467 e. The quantitative estimate of drug-likeness (QED) is 0.923. The maximum atomic E-state index is 12.5. The van der Waals surface area contributed by atoms with Crippen molar-refractivity contribution in [1.82, 2.24) is 9.80 Å². The van der Waals surface area contributed by atoms with E-state index in [1.165, 1.54) is 31.9 Å². The smallest absolute Gasteiger partial charge is 0.257 e. The summed E-state index contributed by atoms with van der Waals surface area (Å²) in [6, 6.07) is 2.51. The van der Waals surface area contributed by atoms with E-state index in [9.17, 15) is 4.79 Å². The molecule has 3 rings (SSSR count). The second-order valence-electron chi connectivity index (χ2n) is 6.13. The minimum absolute atomic E-state index is 0.0757. The number of rotatable bonds is 3. The molecule has 1 aromatic heterocycles. The van der Waals surface area contributed by atoms with Crippen molar-refractivity contribution in [1.29, 1.82) is 0 Å². The summed E-state index contributed by atoms with van der Waals surface area (Å²) in [6.07, 6.45) is 7.97. The normalized spacial score (nSPS) is 21.7. The molecule has 2 fully saturated rings. The minimum Gasteiger partial charge on any atom is -0.467 e. The summed E-state index contributed by atoms with van der Waals surface area (Å²) in [5.74, 6) is 0.743. The maximum absolute atomic E-state index is 12.5. The molecule has 1 saturated carbocycles. The lowest BCUT2D eigenvalue weighted by Gasteiger charge is -2.27. The summed E-state index contributed by atoms with van der Waals surface area (Å²) in [6.45, 7) is 4.11. The standard InChI is InChI=1S/C16H25N3O2/c17-11-15-10-13(12-21-15)16(20)19-7-3-6-18(8-9-19)14-4-1-2-5-14/h10,12,14H,1-9,11,17H2. The molecule has 21 heavy (non-hydrogen) atoms. The van der Waals surface area contributed by atoms with E-state index in [1.807, 2.05) is 4.90 Å². The summed E-state index contributed by atoms with van der Waals surface area (Å²) in [4.78, 5) is 17.1. The number of hydrogen-bond acceptors (Lipinski definition) is 4. The van der Waals surface area contributed by atoms with Crippen molar-refractivity contribution >= 4 is 5.91 Å². The molecule has 1 aromatic rings. The molecule has 0 aromatic carbocycles. The lowest BCUT2D eigenvalue weighted by Crippen LogP contribution is -2.38. The number of carbonyl (C=O) groups is 1. The van der Waals surface area contributed by atoms with Gasteiger partial charge in [0, 0.05) is 32.2 Å². The predicted molar refractivity (Wildman–Crippen MR) is 80.9 cm³/mol. The van der Waals surface area contributed by atoms with Gasteiger partial charge in [-0.1, -0.05) is 12.8 Å². The van der Waals surface area contributed by atoms with Crippen LogP contribution in [0.25, 0.3) is 0 Å². The van der Waals surface area contributed by atoms with Crippen LogP contribution in [0.3, 0.4) is 0 Å². The Morgan fingerprint density at radius 1 is 1.19 bits per heavy atom. The molecule has 5 nitrogen and oxygen atoms in total. The van der Waals surface area contributed by atoms with Gasteiger partial charge in [0.1, 0.15) is 12.0 Å². The zero-order valence-electron chi connectivity index (χ0n) is 12.6. The second-order valence-corrected chi connectivity index (χ2v) is 6.13. The van der Waals surface area contributed by atoms with Gasteiger partial charge in [-0.15, -0.1) is 0 Å². The van der Waals surface area contributed by atoms with Gasteiger partial charge in [-0.2, -0.15) is 0 Å². The van der Waals surface area contributed by atoms with E-state index in [0.29, 0.717) is 17.9 Å². The highest BCUT2D eigenvalue weighted by Crippen LogP contribution is 2.24. The SMILES string of the molecule is NCc1cc(C(=O)N2CCCN(C3CCCC3)CC2)co1. The number of nitrogens with zero attached hydrogens (tertiary/aromatic N) is 2. The highest BCUT2D eigenvalue weighted by Gasteiger charge is 2.26. The minimum atomic E-state index is 0.0757. The molecule has 5 heteroatoms. The Kier molecular flexibility index (Phi) is 4.60. The fraction of sp³-hybridized carbons (Fsp3) is 0.688. The van der Waals surface area contributed by atoms with Crippen LogP contribution in [0, 0.1) is 0 Å². The van der Waals surface area contributed by atoms with E-state index in [0.717, 1.165) is 38.6 Å². The van der Waals surface area contributed by atoms with Gasteiger partial charge >= 0.3 is 0 Å². The molecule has 1 aliphatic carbocycles. The number of furan rings is 1. The molecule has 2 N–H and O–H groups in total. The molecular formula is C16H25N3O2. The average Bonchev–Trinajstić information content (AvgIpc) is 3.14. The lowest BCUT2D eigenvalue weighted by molar-refractivity contribution is 0.0757. The van der Waals surface area contributed by atoms with Crippen molar-refractivity contribution in [2.45, 2.75) is 44.7 Å². The molecule has 1 amide bonds. The van der Waals surface area contributed by atoms with E-state index < -0.39 is 0 Å². The second kappa shape index (κ2) is 6.62. The third-order valence-electron chi connectivity index (χ3n) is 4.76. The predicted octanol–water partition coefficient (Wildman–Crippen LogP) is 1.83. The van der Waals surface area contributed by atoms with Crippen LogP contribution < -0.4 is 5.73 Å². The van der Waals surface area contributed by atoms with Gasteiger partial charge in [0.05, 0.1) is 12.1 Å². The number of hydrogen-bond donors (Lipinski definition) is 1. The molecule has 1 aliphatic heterocycles. The zero-order chi connectivity index (χ0) is 14.7. The average molecular weight is 291 g/mol. The molecule has 0 bridgehead atoms. The van der Waals surface area contributed by atoms with Crippen molar-refractivity contribution in [2.24, 2.45) is 5.73 Å². The molecule has 0 spiro atoms. The molecule has 0 unspecified atom stereocenters. The Bertz CT molecular complexity index is 480. The van der Waals surface area contributed by atoms with E-state index in [1.54, 1.807) is 6.07 Å². The molecule has 0 atom stereocenters. The fourth-order valence-corrected chi connectivity index (χ4v) is 3.56. The van der Waals surface area contributed by atoms with Gasteiger partial charge in [0.15, 0.2) is 0 Å². The summed E-state index contributed by atoms with van der Waals surface area (Å²) in [7, 11) is 0. The van der Waals surface area contributed by atoms with Crippen LogP contribution >= 0.6 is 0 Å². The first kappa shape index (κ1) is 14.6. The Hall–Kier alpha value is -1.33. The Morgan fingerprint density at radius 3 is 2.71 bits per heavy atom. The van der Waals surface area contributed by atoms with Crippen LogP contribution in [0.5, 0.6) is 0 Å². The fourth-order valence-electron chi connectivity index (χ4n) is 3.56. The molecule has 116 valence electrons. The first-order valence-corrected chi connectivity index (χ1v) is 8.08. The Morgan fingerprint density at radius 2 is 2.00 bits per heavy atom. The van der Waals surface area contributed by atoms with E-state index >= 15 is 0 Å². The van der Waals surface area contributed by atoms with E-state index in [2.05, 4.69) is 4.90 Å². The van der Waals surface area contributed by atoms with Crippen LogP contribution in [0.4, 0.5) is 0 Å². The van der Waals surface area contributed by atoms with Crippen LogP contribution in [0.2, 0.25) is 0 Å². The van der Waals surface area contributed by atoms with Crippen LogP contribution in [-0.4, -0.2) is 47.9 Å². The summed E-state index contributed by atoms with van der Waals surface area (Å²) in [5, 5.41) is 0. The molecule has 0 radical (unpaired) electrons. The highest BCUT2D eigenvalue weighted by molar-refractivity contribution is 5.94. The van der Waals surface area contributed by atoms with E-state index in [-0.39, 0.29) is 5.91 Å². The Balaban J connectivity index is 1.60. The molecular weight excluding hydrogens is 266 g/mol. The van der Waals surface area contributed by atoms with Crippen LogP contribution in [0.1, 0.15) is 48.2 Å². The van der Waals surface area contributed by atoms with Crippen molar-refractivity contribution < 1.29 is 9.21 Å². The number of amides is 1. The van der Waals surface area contributed by atoms with Crippen molar-refractivity contribution in [3.63, 3.8) is 0 Å². The highest BCUT2D eigenvalue weighted by atomic mass is 16.3. The topological polar surface area (TPSA) is 62.7 Å². The molecule has 1 saturated heterocycles. The third kappa shape index (κ3) is 3.30. The summed E-state index contributed by atoms with van der Waals surface area (Å²) < 4.78 is 5.28. The van der Waals surface area contributed by atoms with Crippen molar-refractivity contribution in [2.75, 3.05) is 26.2 Å². The lowest BCUT2D eigenvalue weighted by atomic mass is 10.2. The maximum Gasteiger partial charge on any atom is 0.257 e. The first-order valence-electron chi connectivity index (χ1n) is 8.08. The Labute approximate surface area is 126 Å². The monoisotopic (exact) mass is 291 g/mol. The van der Waals surface area contributed by atoms with Crippen molar-refractivity contribution in [3.8, 4) is 0 Å². The zero-order valence-corrected chi connectivity index (χ0v) is 12.6. The summed E-state index contributed by atoms with van der Waals surface area (Å²) in [5.41, 5.74) is 6.16. The van der Waals surface area contributed by atoms with Crippen molar-refractivity contribution in [3.05, 3.63) is 23.7 Å². The first-order chi connectivity index (χ1) is 10.3. The van der Waals surface area contributed by atoms with Gasteiger partial charge in [0.2, 0.25) is 0 Å². The molecule has 2 heterocycles. The summed E-state index contributed by atoms with van der Waals surface area (Å²) >= 11 is 0.